The van der Waals surface area contributed by atoms with Crippen molar-refractivity contribution < 1.29 is 23.8 Å². The molecular formula is C34H35NO5. The van der Waals surface area contributed by atoms with E-state index in [1.54, 1.807) is 14.2 Å². The molecule has 0 fully saturated rings. The lowest BCUT2D eigenvalue weighted by atomic mass is 9.71. The smallest absolute Gasteiger partial charge is 0.336 e. The molecule has 0 amide bonds. The van der Waals surface area contributed by atoms with Gasteiger partial charge >= 0.3 is 5.97 Å². The number of dihydropyridines is 1. The molecule has 1 aliphatic heterocycles. The van der Waals surface area contributed by atoms with Crippen molar-refractivity contribution in [1.82, 2.24) is 5.32 Å². The van der Waals surface area contributed by atoms with Crippen LogP contribution in [-0.4, -0.2) is 32.6 Å². The van der Waals surface area contributed by atoms with Gasteiger partial charge in [-0.2, -0.15) is 0 Å². The highest BCUT2D eigenvalue weighted by Crippen LogP contribution is 2.46. The van der Waals surface area contributed by atoms with Crippen LogP contribution in [0.25, 0.3) is 0 Å². The summed E-state index contributed by atoms with van der Waals surface area (Å²) in [6.07, 6.45) is 1.61. The molecule has 0 aromatic heterocycles. The van der Waals surface area contributed by atoms with Crippen molar-refractivity contribution in [3.8, 4) is 11.5 Å². The molecule has 2 aliphatic rings. The Morgan fingerprint density at radius 2 is 1.57 bits per heavy atom. The van der Waals surface area contributed by atoms with Crippen molar-refractivity contribution in [2.75, 3.05) is 20.8 Å². The molecular weight excluding hydrogens is 502 g/mol. The number of carbonyl (C=O) groups is 2. The summed E-state index contributed by atoms with van der Waals surface area (Å²) in [4.78, 5) is 27.5. The fraction of sp³-hybridized carbons (Fsp3) is 0.294. The summed E-state index contributed by atoms with van der Waals surface area (Å²) < 4.78 is 16.7. The van der Waals surface area contributed by atoms with Crippen LogP contribution in [-0.2, 0) is 20.7 Å². The third kappa shape index (κ3) is 5.53. The lowest BCUT2D eigenvalue weighted by Gasteiger charge is -2.36. The molecule has 0 saturated heterocycles. The molecule has 1 heterocycles. The normalized spacial score (nSPS) is 18.6. The molecule has 5 rings (SSSR count). The lowest BCUT2D eigenvalue weighted by Crippen LogP contribution is -2.36. The summed E-state index contributed by atoms with van der Waals surface area (Å²) in [7, 11) is 3.22. The van der Waals surface area contributed by atoms with Gasteiger partial charge in [-0.3, -0.25) is 4.79 Å². The van der Waals surface area contributed by atoms with Crippen molar-refractivity contribution in [2.24, 2.45) is 0 Å². The highest BCUT2D eigenvalue weighted by molar-refractivity contribution is 6.04. The van der Waals surface area contributed by atoms with E-state index < -0.39 is 11.9 Å². The summed E-state index contributed by atoms with van der Waals surface area (Å²) in [5.41, 5.74) is 6.87. The number of ketones is 1. The maximum Gasteiger partial charge on any atom is 0.336 e. The first-order valence-corrected chi connectivity index (χ1v) is 13.6. The maximum absolute atomic E-state index is 13.9. The Hall–Kier alpha value is -4.32. The second kappa shape index (κ2) is 11.8. The molecule has 0 saturated carbocycles. The SMILES string of the molecule is COc1ccc([C@@H]2CC(=O)C3=C(C2)NC(C)=C(C(=O)OCCc2ccccc2)[C@H]3c2ccc(C)cc2)cc1OC. The summed E-state index contributed by atoms with van der Waals surface area (Å²) in [6, 6.07) is 23.8. The molecule has 0 radical (unpaired) electrons. The first-order chi connectivity index (χ1) is 19.4. The summed E-state index contributed by atoms with van der Waals surface area (Å²) in [6.45, 7) is 4.18. The van der Waals surface area contributed by atoms with E-state index in [1.165, 1.54) is 0 Å². The number of methoxy groups -OCH3 is 2. The van der Waals surface area contributed by atoms with Gasteiger partial charge in [0, 0.05) is 35.7 Å². The molecule has 40 heavy (non-hydrogen) atoms. The summed E-state index contributed by atoms with van der Waals surface area (Å²) in [5.74, 6) is 0.411. The summed E-state index contributed by atoms with van der Waals surface area (Å²) >= 11 is 0. The van der Waals surface area contributed by atoms with Gasteiger partial charge in [-0.25, -0.2) is 4.79 Å². The van der Waals surface area contributed by atoms with Crippen LogP contribution in [0.5, 0.6) is 11.5 Å². The van der Waals surface area contributed by atoms with E-state index >= 15 is 0 Å². The molecule has 1 aliphatic carbocycles. The zero-order valence-corrected chi connectivity index (χ0v) is 23.5. The standard InChI is InChI=1S/C34H35NO5/c1-21-10-12-24(13-11-21)32-31(34(37)40-17-16-23-8-6-5-7-9-23)22(2)35-27-18-26(19-28(36)33(27)32)25-14-15-29(38-3)30(20-25)39-4/h5-15,20,26,32,35H,16-19H2,1-4H3/t26-,32+/m0/s1. The van der Waals surface area contributed by atoms with E-state index in [0.717, 1.165) is 33.6 Å². The number of nitrogens with one attached hydrogen (secondary N) is 1. The van der Waals surface area contributed by atoms with Crippen LogP contribution in [0.15, 0.2) is 95.3 Å². The molecule has 0 bridgehead atoms. The molecule has 2 atom stereocenters. The van der Waals surface area contributed by atoms with Crippen LogP contribution in [0.3, 0.4) is 0 Å². The number of aryl methyl sites for hydroxylation is 1. The third-order valence-electron chi connectivity index (χ3n) is 7.80. The first kappa shape index (κ1) is 27.3. The Kier molecular flexibility index (Phi) is 8.06. The molecule has 3 aromatic carbocycles. The van der Waals surface area contributed by atoms with Gasteiger partial charge < -0.3 is 19.5 Å². The number of rotatable bonds is 8. The zero-order chi connectivity index (χ0) is 28.2. The van der Waals surface area contributed by atoms with E-state index in [0.29, 0.717) is 41.9 Å². The number of benzene rings is 3. The van der Waals surface area contributed by atoms with E-state index in [2.05, 4.69) is 5.32 Å². The minimum atomic E-state index is -0.486. The Labute approximate surface area is 235 Å². The quantitative estimate of drug-likeness (QED) is 0.347. The topological polar surface area (TPSA) is 73.9 Å². The van der Waals surface area contributed by atoms with E-state index in [-0.39, 0.29) is 18.3 Å². The van der Waals surface area contributed by atoms with Crippen molar-refractivity contribution in [1.29, 1.82) is 0 Å². The number of hydrogen-bond acceptors (Lipinski definition) is 6. The molecule has 3 aromatic rings. The van der Waals surface area contributed by atoms with Gasteiger partial charge in [0.05, 0.1) is 26.4 Å². The van der Waals surface area contributed by atoms with Crippen LogP contribution < -0.4 is 14.8 Å². The number of hydrogen-bond donors (Lipinski definition) is 1. The second-order valence-corrected chi connectivity index (χ2v) is 10.4. The molecule has 1 N–H and O–H groups in total. The van der Waals surface area contributed by atoms with E-state index in [4.69, 9.17) is 14.2 Å². The van der Waals surface area contributed by atoms with E-state index in [1.807, 2.05) is 86.6 Å². The fourth-order valence-corrected chi connectivity index (χ4v) is 5.73. The average molecular weight is 538 g/mol. The molecule has 206 valence electrons. The summed E-state index contributed by atoms with van der Waals surface area (Å²) in [5, 5.41) is 3.43. The van der Waals surface area contributed by atoms with Gasteiger partial charge in [0.25, 0.3) is 0 Å². The number of carbonyl (C=O) groups excluding carboxylic acids is 2. The van der Waals surface area contributed by atoms with Gasteiger partial charge in [-0.1, -0.05) is 66.2 Å². The van der Waals surface area contributed by atoms with Gasteiger partial charge in [0.2, 0.25) is 0 Å². The van der Waals surface area contributed by atoms with Crippen molar-refractivity contribution in [3.05, 3.63) is 118 Å². The van der Waals surface area contributed by atoms with Gasteiger partial charge in [0.1, 0.15) is 0 Å². The minimum Gasteiger partial charge on any atom is -0.493 e. The van der Waals surface area contributed by atoms with Crippen LogP contribution in [0.1, 0.15) is 53.9 Å². The van der Waals surface area contributed by atoms with Gasteiger partial charge in [-0.05, 0) is 55.0 Å². The average Bonchev–Trinajstić information content (AvgIpc) is 2.96. The largest absolute Gasteiger partial charge is 0.493 e. The maximum atomic E-state index is 13.9. The predicted octanol–water partition coefficient (Wildman–Crippen LogP) is 6.16. The highest BCUT2D eigenvalue weighted by atomic mass is 16.5. The van der Waals surface area contributed by atoms with Crippen LogP contribution in [0, 0.1) is 6.92 Å². The molecule has 0 spiro atoms. The lowest BCUT2D eigenvalue weighted by molar-refractivity contribution is -0.139. The number of Topliss-reactive ketones (excluding diaryl/α,β-unsaturated/α-hetero) is 1. The highest BCUT2D eigenvalue weighted by Gasteiger charge is 2.41. The fourth-order valence-electron chi connectivity index (χ4n) is 5.73. The van der Waals surface area contributed by atoms with Gasteiger partial charge in [0.15, 0.2) is 17.3 Å². The Bertz CT molecular complexity index is 1470. The number of ether oxygens (including phenoxy) is 3. The molecule has 0 unspecified atom stereocenters. The minimum absolute atomic E-state index is 0.0237. The van der Waals surface area contributed by atoms with Crippen LogP contribution >= 0.6 is 0 Å². The van der Waals surface area contributed by atoms with Gasteiger partial charge in [-0.15, -0.1) is 0 Å². The Balaban J connectivity index is 1.46. The van der Waals surface area contributed by atoms with Crippen LogP contribution in [0.2, 0.25) is 0 Å². The second-order valence-electron chi connectivity index (χ2n) is 10.4. The Morgan fingerprint density at radius 3 is 2.27 bits per heavy atom. The van der Waals surface area contributed by atoms with Crippen LogP contribution in [0.4, 0.5) is 0 Å². The Morgan fingerprint density at radius 1 is 0.875 bits per heavy atom. The predicted molar refractivity (Wildman–Crippen MR) is 154 cm³/mol. The molecule has 6 heteroatoms. The van der Waals surface area contributed by atoms with Crippen molar-refractivity contribution in [3.63, 3.8) is 0 Å². The number of esters is 1. The van der Waals surface area contributed by atoms with Crippen molar-refractivity contribution >= 4 is 11.8 Å². The van der Waals surface area contributed by atoms with E-state index in [9.17, 15) is 9.59 Å². The third-order valence-corrected chi connectivity index (χ3v) is 7.80. The molecule has 6 nitrogen and oxygen atoms in total. The van der Waals surface area contributed by atoms with Crippen molar-refractivity contribution in [2.45, 2.75) is 44.9 Å². The first-order valence-electron chi connectivity index (χ1n) is 13.6. The number of allylic oxidation sites excluding steroid dienone is 3. The monoisotopic (exact) mass is 537 g/mol. The zero-order valence-electron chi connectivity index (χ0n) is 23.5.